The van der Waals surface area contributed by atoms with Crippen LogP contribution in [0.3, 0.4) is 0 Å². The Morgan fingerprint density at radius 2 is 1.94 bits per heavy atom. The molecule has 0 bridgehead atoms. The second kappa shape index (κ2) is 4.15. The van der Waals surface area contributed by atoms with Crippen molar-refractivity contribution in [3.8, 4) is 5.75 Å². The number of esters is 1. The molecule has 90 valence electrons. The van der Waals surface area contributed by atoms with E-state index >= 15 is 0 Å². The molecule has 0 radical (unpaired) electrons. The van der Waals surface area contributed by atoms with E-state index in [-0.39, 0.29) is 12.0 Å². The van der Waals surface area contributed by atoms with Gasteiger partial charge in [0.15, 0.2) is 0 Å². The van der Waals surface area contributed by atoms with Gasteiger partial charge in [0.25, 0.3) is 0 Å². The molecule has 1 heterocycles. The SMILES string of the molecule is NC1Cc2ccc3c(c2C1)CCCCC(=O)O3. The number of nitrogens with two attached hydrogens (primary N) is 1. The van der Waals surface area contributed by atoms with Crippen LogP contribution >= 0.6 is 0 Å². The third-order valence-corrected chi connectivity index (χ3v) is 3.72. The molecule has 3 heteroatoms. The van der Waals surface area contributed by atoms with Crippen molar-refractivity contribution in [1.82, 2.24) is 0 Å². The zero-order chi connectivity index (χ0) is 11.8. The van der Waals surface area contributed by atoms with Gasteiger partial charge >= 0.3 is 5.97 Å². The predicted octanol–water partition coefficient (Wildman–Crippen LogP) is 1.74. The number of fused-ring (bicyclic) bond motifs is 3. The molecule has 3 nitrogen and oxygen atoms in total. The largest absolute Gasteiger partial charge is 0.426 e. The van der Waals surface area contributed by atoms with Gasteiger partial charge in [0.1, 0.15) is 5.75 Å². The summed E-state index contributed by atoms with van der Waals surface area (Å²) in [5.74, 6) is 0.663. The monoisotopic (exact) mass is 231 g/mol. The zero-order valence-electron chi connectivity index (χ0n) is 9.87. The lowest BCUT2D eigenvalue weighted by Gasteiger charge is -2.17. The van der Waals surface area contributed by atoms with Gasteiger partial charge in [-0.05, 0) is 54.9 Å². The predicted molar refractivity (Wildman–Crippen MR) is 65.0 cm³/mol. The van der Waals surface area contributed by atoms with E-state index in [4.69, 9.17) is 10.5 Å². The molecule has 1 atom stereocenters. The van der Waals surface area contributed by atoms with E-state index in [1.165, 1.54) is 16.7 Å². The summed E-state index contributed by atoms with van der Waals surface area (Å²) in [6.45, 7) is 0. The highest BCUT2D eigenvalue weighted by atomic mass is 16.5. The van der Waals surface area contributed by atoms with E-state index in [9.17, 15) is 4.79 Å². The van der Waals surface area contributed by atoms with Crippen LogP contribution < -0.4 is 10.5 Å². The van der Waals surface area contributed by atoms with Gasteiger partial charge in [-0.25, -0.2) is 0 Å². The fourth-order valence-corrected chi connectivity index (χ4v) is 2.90. The lowest BCUT2D eigenvalue weighted by atomic mass is 9.96. The standard InChI is InChI=1S/C14H17NO2/c15-10-7-9-5-6-13-11(12(9)8-10)3-1-2-4-14(16)17-13/h5-6,10H,1-4,7-8,15H2. The number of ether oxygens (including phenoxy) is 1. The van der Waals surface area contributed by atoms with Gasteiger partial charge in [0, 0.05) is 12.5 Å². The maximum atomic E-state index is 11.5. The molecule has 2 N–H and O–H groups in total. The first-order valence-electron chi connectivity index (χ1n) is 6.34. The molecule has 1 aliphatic heterocycles. The van der Waals surface area contributed by atoms with Crippen LogP contribution in [0.1, 0.15) is 36.0 Å². The molecule has 0 amide bonds. The highest BCUT2D eigenvalue weighted by Gasteiger charge is 2.25. The van der Waals surface area contributed by atoms with Crippen molar-refractivity contribution in [2.75, 3.05) is 0 Å². The normalized spacial score (nSPS) is 23.4. The molecule has 1 aliphatic carbocycles. The number of hydrogen-bond donors (Lipinski definition) is 1. The second-order valence-corrected chi connectivity index (χ2v) is 5.03. The first-order chi connectivity index (χ1) is 8.24. The summed E-state index contributed by atoms with van der Waals surface area (Å²) in [6.07, 6.45) is 5.42. The van der Waals surface area contributed by atoms with E-state index < -0.39 is 0 Å². The van der Waals surface area contributed by atoms with Crippen LogP contribution in [-0.2, 0) is 24.1 Å². The van der Waals surface area contributed by atoms with Crippen molar-refractivity contribution in [2.24, 2.45) is 5.73 Å². The molecule has 0 spiro atoms. The first kappa shape index (κ1) is 10.8. The maximum absolute atomic E-state index is 11.5. The second-order valence-electron chi connectivity index (χ2n) is 5.03. The minimum atomic E-state index is -0.104. The van der Waals surface area contributed by atoms with Crippen LogP contribution in [-0.4, -0.2) is 12.0 Å². The van der Waals surface area contributed by atoms with E-state index in [1.807, 2.05) is 6.07 Å². The van der Waals surface area contributed by atoms with Crippen LogP contribution in [0.15, 0.2) is 12.1 Å². The quantitative estimate of drug-likeness (QED) is 0.546. The van der Waals surface area contributed by atoms with Gasteiger partial charge < -0.3 is 10.5 Å². The molecular weight excluding hydrogens is 214 g/mol. The Labute approximate surface area is 101 Å². The Hall–Kier alpha value is -1.35. The molecule has 0 fully saturated rings. The summed E-state index contributed by atoms with van der Waals surface area (Å²) < 4.78 is 5.42. The molecule has 1 aromatic carbocycles. The van der Waals surface area contributed by atoms with E-state index in [2.05, 4.69) is 6.07 Å². The molecule has 0 aromatic heterocycles. The molecule has 1 aromatic rings. The van der Waals surface area contributed by atoms with E-state index in [0.717, 1.165) is 37.9 Å². The Kier molecular flexibility index (Phi) is 2.63. The average Bonchev–Trinajstić information content (AvgIpc) is 2.63. The maximum Gasteiger partial charge on any atom is 0.311 e. The van der Waals surface area contributed by atoms with Crippen LogP contribution in [0.5, 0.6) is 5.75 Å². The van der Waals surface area contributed by atoms with Gasteiger partial charge in [0.2, 0.25) is 0 Å². The van der Waals surface area contributed by atoms with Crippen molar-refractivity contribution in [1.29, 1.82) is 0 Å². The summed E-state index contributed by atoms with van der Waals surface area (Å²) in [6, 6.07) is 4.24. The van der Waals surface area contributed by atoms with Crippen molar-refractivity contribution in [3.05, 3.63) is 28.8 Å². The van der Waals surface area contributed by atoms with Gasteiger partial charge in [-0.1, -0.05) is 6.07 Å². The Balaban J connectivity index is 2.04. The van der Waals surface area contributed by atoms with Gasteiger partial charge in [-0.3, -0.25) is 4.79 Å². The summed E-state index contributed by atoms with van der Waals surface area (Å²) in [5, 5.41) is 0. The number of carbonyl (C=O) groups excluding carboxylic acids is 1. The lowest BCUT2D eigenvalue weighted by Crippen LogP contribution is -2.19. The van der Waals surface area contributed by atoms with Crippen molar-refractivity contribution in [3.63, 3.8) is 0 Å². The fourth-order valence-electron chi connectivity index (χ4n) is 2.90. The van der Waals surface area contributed by atoms with Crippen LogP contribution in [0.2, 0.25) is 0 Å². The highest BCUT2D eigenvalue weighted by Crippen LogP contribution is 2.34. The van der Waals surface area contributed by atoms with Crippen molar-refractivity contribution in [2.45, 2.75) is 44.6 Å². The molecule has 3 rings (SSSR count). The van der Waals surface area contributed by atoms with Gasteiger partial charge in [0.05, 0.1) is 0 Å². The average molecular weight is 231 g/mol. The summed E-state index contributed by atoms with van der Waals surface area (Å²) in [7, 11) is 0. The highest BCUT2D eigenvalue weighted by molar-refractivity contribution is 5.73. The fraction of sp³-hybridized carbons (Fsp3) is 0.500. The van der Waals surface area contributed by atoms with Crippen LogP contribution in [0, 0.1) is 0 Å². The Morgan fingerprint density at radius 1 is 1.12 bits per heavy atom. The Bertz CT molecular complexity index is 468. The minimum Gasteiger partial charge on any atom is -0.426 e. The summed E-state index contributed by atoms with van der Waals surface area (Å²) in [5.41, 5.74) is 9.91. The van der Waals surface area contributed by atoms with E-state index in [0.29, 0.717) is 6.42 Å². The van der Waals surface area contributed by atoms with Crippen molar-refractivity contribution < 1.29 is 9.53 Å². The third kappa shape index (κ3) is 1.95. The number of rotatable bonds is 0. The van der Waals surface area contributed by atoms with Gasteiger partial charge in [-0.15, -0.1) is 0 Å². The molecular formula is C14H17NO2. The van der Waals surface area contributed by atoms with Crippen molar-refractivity contribution >= 4 is 5.97 Å². The summed E-state index contributed by atoms with van der Waals surface area (Å²) >= 11 is 0. The molecule has 0 saturated heterocycles. The molecule has 1 unspecified atom stereocenters. The molecule has 0 saturated carbocycles. The van der Waals surface area contributed by atoms with Crippen LogP contribution in [0.25, 0.3) is 0 Å². The number of benzene rings is 1. The number of carbonyl (C=O) groups is 1. The minimum absolute atomic E-state index is 0.104. The van der Waals surface area contributed by atoms with E-state index in [1.54, 1.807) is 0 Å². The topological polar surface area (TPSA) is 52.3 Å². The molecule has 2 aliphatic rings. The van der Waals surface area contributed by atoms with Gasteiger partial charge in [-0.2, -0.15) is 0 Å². The Morgan fingerprint density at radius 3 is 2.82 bits per heavy atom. The lowest BCUT2D eigenvalue weighted by molar-refractivity contribution is -0.134. The summed E-state index contributed by atoms with van der Waals surface area (Å²) in [4.78, 5) is 11.5. The van der Waals surface area contributed by atoms with Crippen LogP contribution in [0.4, 0.5) is 0 Å². The smallest absolute Gasteiger partial charge is 0.311 e. The first-order valence-corrected chi connectivity index (χ1v) is 6.34. The number of hydrogen-bond acceptors (Lipinski definition) is 3. The zero-order valence-corrected chi connectivity index (χ0v) is 9.87. The molecule has 17 heavy (non-hydrogen) atoms. The third-order valence-electron chi connectivity index (χ3n) is 3.72.